The molecule has 9 heteroatoms. The van der Waals surface area contributed by atoms with Crippen molar-refractivity contribution in [2.24, 2.45) is 5.10 Å². The van der Waals surface area contributed by atoms with Crippen LogP contribution in [0.2, 0.25) is 0 Å². The van der Waals surface area contributed by atoms with E-state index in [1.165, 1.54) is 20.4 Å². The molecule has 8 nitrogen and oxygen atoms in total. The Morgan fingerprint density at radius 1 is 1.29 bits per heavy atom. The normalized spacial score (nSPS) is 10.5. The van der Waals surface area contributed by atoms with E-state index < -0.39 is 12.0 Å². The Morgan fingerprint density at radius 2 is 2.00 bits per heavy atom. The maximum Gasteiger partial charge on any atom is 0.410 e. The quantitative estimate of drug-likeness (QED) is 0.499. The molecule has 0 aliphatic rings. The van der Waals surface area contributed by atoms with Crippen LogP contribution in [0.4, 0.5) is 4.79 Å². The number of rotatable bonds is 7. The van der Waals surface area contributed by atoms with E-state index in [0.717, 1.165) is 10.5 Å². The molecule has 0 bridgehead atoms. The number of ether oxygens (including phenoxy) is 2. The summed E-state index contributed by atoms with van der Waals surface area (Å²) >= 11 is 3.20. The van der Waals surface area contributed by atoms with E-state index in [0.29, 0.717) is 10.0 Å². The van der Waals surface area contributed by atoms with Gasteiger partial charge >= 0.3 is 6.09 Å². The van der Waals surface area contributed by atoms with Crippen LogP contribution in [0.1, 0.15) is 11.1 Å². The molecule has 2 N–H and O–H groups in total. The van der Waals surface area contributed by atoms with Crippen LogP contribution < -0.4 is 10.2 Å². The van der Waals surface area contributed by atoms with Crippen molar-refractivity contribution in [1.82, 2.24) is 10.3 Å². The van der Waals surface area contributed by atoms with Gasteiger partial charge < -0.3 is 19.5 Å². The minimum absolute atomic E-state index is 0.0284. The molecule has 0 saturated carbocycles. The number of nitrogens with one attached hydrogen (secondary N) is 1. The molecule has 0 aliphatic carbocycles. The van der Waals surface area contributed by atoms with Crippen LogP contribution in [0, 0.1) is 0 Å². The van der Waals surface area contributed by atoms with Gasteiger partial charge in [-0.25, -0.2) is 10.2 Å². The SMILES string of the molecule is COc1cc(/C=N/NC(=O)CN(C)C(=O)OCc2ccccc2)cc(Br)c1O. The Labute approximate surface area is 170 Å². The first kappa shape index (κ1) is 21.2. The fourth-order valence-electron chi connectivity index (χ4n) is 2.15. The number of hydrogen-bond donors (Lipinski definition) is 2. The lowest BCUT2D eigenvalue weighted by molar-refractivity contribution is -0.121. The van der Waals surface area contributed by atoms with E-state index in [2.05, 4.69) is 26.5 Å². The highest BCUT2D eigenvalue weighted by Crippen LogP contribution is 2.34. The van der Waals surface area contributed by atoms with Crippen molar-refractivity contribution in [1.29, 1.82) is 0 Å². The van der Waals surface area contributed by atoms with Crippen LogP contribution in [0.5, 0.6) is 11.5 Å². The third kappa shape index (κ3) is 6.27. The first-order valence-corrected chi connectivity index (χ1v) is 9.00. The highest BCUT2D eigenvalue weighted by molar-refractivity contribution is 9.10. The molecule has 0 spiro atoms. The van der Waals surface area contributed by atoms with Crippen LogP contribution >= 0.6 is 15.9 Å². The smallest absolute Gasteiger partial charge is 0.410 e. The standard InChI is InChI=1S/C19H20BrN3O5/c1-23(19(26)28-12-13-6-4-3-5-7-13)11-17(24)22-21-10-14-8-15(20)18(25)16(9-14)27-2/h3-10,25H,11-12H2,1-2H3,(H,22,24)/b21-10+. The fraction of sp³-hybridized carbons (Fsp3) is 0.211. The molecule has 148 valence electrons. The second-order valence-electron chi connectivity index (χ2n) is 5.74. The summed E-state index contributed by atoms with van der Waals surface area (Å²) in [5.41, 5.74) is 3.77. The maximum atomic E-state index is 11.9. The number of likely N-dealkylation sites (N-methyl/N-ethyl adjacent to an activating group) is 1. The Bertz CT molecular complexity index is 858. The van der Waals surface area contributed by atoms with Gasteiger partial charge in [0.25, 0.3) is 5.91 Å². The predicted octanol–water partition coefficient (Wildman–Crippen LogP) is 2.88. The van der Waals surface area contributed by atoms with E-state index in [1.807, 2.05) is 30.3 Å². The molecular formula is C19H20BrN3O5. The number of phenols is 1. The van der Waals surface area contributed by atoms with Crippen molar-refractivity contribution in [3.05, 3.63) is 58.1 Å². The number of hydrazone groups is 1. The average molecular weight is 450 g/mol. The molecule has 0 unspecified atom stereocenters. The number of methoxy groups -OCH3 is 1. The van der Waals surface area contributed by atoms with Gasteiger partial charge in [0.15, 0.2) is 11.5 Å². The molecule has 0 atom stereocenters. The van der Waals surface area contributed by atoms with Crippen molar-refractivity contribution >= 4 is 34.1 Å². The predicted molar refractivity (Wildman–Crippen MR) is 107 cm³/mol. The van der Waals surface area contributed by atoms with Gasteiger partial charge in [0.05, 0.1) is 17.8 Å². The van der Waals surface area contributed by atoms with Gasteiger partial charge in [-0.15, -0.1) is 0 Å². The van der Waals surface area contributed by atoms with Crippen LogP contribution in [0.25, 0.3) is 0 Å². The van der Waals surface area contributed by atoms with E-state index in [1.54, 1.807) is 12.1 Å². The summed E-state index contributed by atoms with van der Waals surface area (Å²) in [5, 5.41) is 13.6. The first-order valence-electron chi connectivity index (χ1n) is 8.21. The molecule has 0 saturated heterocycles. The number of phenolic OH excluding ortho intramolecular Hbond substituents is 1. The van der Waals surface area contributed by atoms with Crippen LogP contribution in [-0.2, 0) is 16.1 Å². The summed E-state index contributed by atoms with van der Waals surface area (Å²) in [4.78, 5) is 25.0. The monoisotopic (exact) mass is 449 g/mol. The molecule has 0 aliphatic heterocycles. The highest BCUT2D eigenvalue weighted by atomic mass is 79.9. The van der Waals surface area contributed by atoms with Gasteiger partial charge in [-0.05, 0) is 39.2 Å². The third-order valence-corrected chi connectivity index (χ3v) is 4.18. The van der Waals surface area contributed by atoms with Crippen molar-refractivity contribution < 1.29 is 24.2 Å². The van der Waals surface area contributed by atoms with E-state index in [-0.39, 0.29) is 24.7 Å². The lowest BCUT2D eigenvalue weighted by Gasteiger charge is -2.15. The van der Waals surface area contributed by atoms with Crippen LogP contribution in [0.3, 0.4) is 0 Å². The topological polar surface area (TPSA) is 100 Å². The molecule has 2 aromatic carbocycles. The Morgan fingerprint density at radius 3 is 2.68 bits per heavy atom. The zero-order chi connectivity index (χ0) is 20.5. The molecule has 0 aromatic heterocycles. The number of carbonyl (C=O) groups excluding carboxylic acids is 2. The van der Waals surface area contributed by atoms with Gasteiger partial charge in [-0.2, -0.15) is 5.10 Å². The Balaban J connectivity index is 1.82. The number of hydrogen-bond acceptors (Lipinski definition) is 6. The largest absolute Gasteiger partial charge is 0.503 e. The van der Waals surface area contributed by atoms with Crippen molar-refractivity contribution in [2.45, 2.75) is 6.61 Å². The van der Waals surface area contributed by atoms with Crippen molar-refractivity contribution in [2.75, 3.05) is 20.7 Å². The summed E-state index contributed by atoms with van der Waals surface area (Å²) in [7, 11) is 2.88. The second-order valence-corrected chi connectivity index (χ2v) is 6.60. The van der Waals surface area contributed by atoms with E-state index in [4.69, 9.17) is 9.47 Å². The molecule has 2 amide bonds. The van der Waals surface area contributed by atoms with Crippen molar-refractivity contribution in [3.63, 3.8) is 0 Å². The van der Waals surface area contributed by atoms with Crippen molar-refractivity contribution in [3.8, 4) is 11.5 Å². The lowest BCUT2D eigenvalue weighted by atomic mass is 10.2. The summed E-state index contributed by atoms with van der Waals surface area (Å²) in [5.74, 6) is -0.248. The third-order valence-electron chi connectivity index (χ3n) is 3.57. The highest BCUT2D eigenvalue weighted by Gasteiger charge is 2.14. The van der Waals surface area contributed by atoms with Gasteiger partial charge in [-0.3, -0.25) is 4.79 Å². The van der Waals surface area contributed by atoms with Gasteiger partial charge in [-0.1, -0.05) is 30.3 Å². The van der Waals surface area contributed by atoms with E-state index >= 15 is 0 Å². The molecule has 2 rings (SSSR count). The number of nitrogens with zero attached hydrogens (tertiary/aromatic N) is 2. The zero-order valence-corrected chi connectivity index (χ0v) is 17.0. The maximum absolute atomic E-state index is 11.9. The van der Waals surface area contributed by atoms with E-state index in [9.17, 15) is 14.7 Å². The molecule has 0 fully saturated rings. The summed E-state index contributed by atoms with van der Waals surface area (Å²) in [6, 6.07) is 12.4. The molecule has 28 heavy (non-hydrogen) atoms. The Hall–Kier alpha value is -3.07. The number of carbonyl (C=O) groups is 2. The molecule has 2 aromatic rings. The number of amides is 2. The van der Waals surface area contributed by atoms with Gasteiger partial charge in [0, 0.05) is 7.05 Å². The average Bonchev–Trinajstić information content (AvgIpc) is 2.69. The summed E-state index contributed by atoms with van der Waals surface area (Å²) < 4.78 is 10.6. The van der Waals surface area contributed by atoms with Crippen LogP contribution in [0.15, 0.2) is 52.0 Å². The summed E-state index contributed by atoms with van der Waals surface area (Å²) in [6.45, 7) is -0.0884. The summed E-state index contributed by atoms with van der Waals surface area (Å²) in [6.07, 6.45) is 0.772. The van der Waals surface area contributed by atoms with Crippen LogP contribution in [-0.4, -0.2) is 48.9 Å². The molecular weight excluding hydrogens is 430 g/mol. The molecule has 0 radical (unpaired) electrons. The Kier molecular flexibility index (Phi) is 7.82. The number of benzene rings is 2. The minimum atomic E-state index is -0.616. The lowest BCUT2D eigenvalue weighted by Crippen LogP contribution is -2.36. The number of halogens is 1. The minimum Gasteiger partial charge on any atom is -0.503 e. The first-order chi connectivity index (χ1) is 13.4. The zero-order valence-electron chi connectivity index (χ0n) is 15.4. The number of aromatic hydroxyl groups is 1. The second kappa shape index (κ2) is 10.3. The fourth-order valence-corrected chi connectivity index (χ4v) is 2.61. The molecule has 0 heterocycles. The van der Waals surface area contributed by atoms with Gasteiger partial charge in [0.1, 0.15) is 13.2 Å². The van der Waals surface area contributed by atoms with Gasteiger partial charge in [0.2, 0.25) is 0 Å².